The van der Waals surface area contributed by atoms with Gasteiger partial charge in [-0.15, -0.1) is 0 Å². The molecule has 2 aliphatic rings. The molecule has 1 aromatic heterocycles. The highest BCUT2D eigenvalue weighted by atomic mass is 32.2. The Labute approximate surface area is 152 Å². The number of ether oxygens (including phenoxy) is 1. The third-order valence-electron chi connectivity index (χ3n) is 4.96. The van der Waals surface area contributed by atoms with E-state index in [1.165, 1.54) is 0 Å². The summed E-state index contributed by atoms with van der Waals surface area (Å²) in [4.78, 5) is 11.8. The molecule has 140 valence electrons. The summed E-state index contributed by atoms with van der Waals surface area (Å²) >= 11 is 0. The lowest BCUT2D eigenvalue weighted by Gasteiger charge is -2.40. The second-order valence-corrected chi connectivity index (χ2v) is 8.44. The van der Waals surface area contributed by atoms with Gasteiger partial charge >= 0.3 is 0 Å². The van der Waals surface area contributed by atoms with Crippen LogP contribution in [-0.2, 0) is 10.2 Å². The SMILES string of the molecule is COc1ccc2c(N3CC(CCNS(N)(=O)=O)C3)nc(C3CC3)nc2c1. The van der Waals surface area contributed by atoms with Gasteiger partial charge in [0.1, 0.15) is 17.4 Å². The van der Waals surface area contributed by atoms with Gasteiger partial charge in [0.05, 0.1) is 12.6 Å². The molecule has 0 radical (unpaired) electrons. The monoisotopic (exact) mass is 377 g/mol. The van der Waals surface area contributed by atoms with E-state index in [0.717, 1.165) is 60.6 Å². The fourth-order valence-corrected chi connectivity index (χ4v) is 3.74. The maximum atomic E-state index is 10.9. The average Bonchev–Trinajstić information content (AvgIpc) is 3.39. The van der Waals surface area contributed by atoms with Crippen LogP contribution in [-0.4, -0.2) is 45.1 Å². The molecule has 0 spiro atoms. The molecular formula is C17H23N5O3S. The lowest BCUT2D eigenvalue weighted by atomic mass is 9.96. The Morgan fingerprint density at radius 3 is 2.73 bits per heavy atom. The van der Waals surface area contributed by atoms with Gasteiger partial charge in [-0.05, 0) is 37.3 Å². The molecule has 9 heteroatoms. The van der Waals surface area contributed by atoms with Crippen LogP contribution in [0.5, 0.6) is 5.75 Å². The van der Waals surface area contributed by atoms with Crippen LogP contribution in [0.2, 0.25) is 0 Å². The molecule has 4 rings (SSSR count). The van der Waals surface area contributed by atoms with Crippen molar-refractivity contribution in [2.75, 3.05) is 31.6 Å². The molecule has 3 N–H and O–H groups in total. The third kappa shape index (κ3) is 3.74. The number of aromatic nitrogens is 2. The highest BCUT2D eigenvalue weighted by Crippen LogP contribution is 2.41. The number of methoxy groups -OCH3 is 1. The molecule has 1 aliphatic carbocycles. The second-order valence-electron chi connectivity index (χ2n) is 7.06. The molecule has 0 atom stereocenters. The summed E-state index contributed by atoms with van der Waals surface area (Å²) in [6, 6.07) is 5.90. The number of rotatable bonds is 7. The Hall–Kier alpha value is -1.97. The minimum atomic E-state index is -3.61. The van der Waals surface area contributed by atoms with E-state index in [0.29, 0.717) is 18.4 Å². The molecule has 8 nitrogen and oxygen atoms in total. The number of hydrogen-bond acceptors (Lipinski definition) is 6. The van der Waals surface area contributed by atoms with E-state index < -0.39 is 10.2 Å². The predicted molar refractivity (Wildman–Crippen MR) is 99.5 cm³/mol. The number of nitrogens with one attached hydrogen (secondary N) is 1. The molecular weight excluding hydrogens is 354 g/mol. The van der Waals surface area contributed by atoms with Crippen molar-refractivity contribution in [1.29, 1.82) is 0 Å². The molecule has 26 heavy (non-hydrogen) atoms. The summed E-state index contributed by atoms with van der Waals surface area (Å²) < 4.78 is 29.5. The number of fused-ring (bicyclic) bond motifs is 1. The van der Waals surface area contributed by atoms with Crippen LogP contribution in [0, 0.1) is 5.92 Å². The highest BCUT2D eigenvalue weighted by molar-refractivity contribution is 7.87. The summed E-state index contributed by atoms with van der Waals surface area (Å²) in [5, 5.41) is 5.98. The van der Waals surface area contributed by atoms with E-state index in [4.69, 9.17) is 19.8 Å². The molecule has 0 unspecified atom stereocenters. The van der Waals surface area contributed by atoms with Crippen LogP contribution < -0.4 is 19.5 Å². The molecule has 0 amide bonds. The van der Waals surface area contributed by atoms with Crippen molar-refractivity contribution < 1.29 is 13.2 Å². The molecule has 1 saturated carbocycles. The Kier molecular flexibility index (Phi) is 4.45. The van der Waals surface area contributed by atoms with Gasteiger partial charge in [0.15, 0.2) is 0 Å². The fourth-order valence-electron chi connectivity index (χ4n) is 3.33. The first-order chi connectivity index (χ1) is 12.4. The van der Waals surface area contributed by atoms with E-state index in [9.17, 15) is 8.42 Å². The van der Waals surface area contributed by atoms with E-state index >= 15 is 0 Å². The Bertz CT molecular complexity index is 923. The van der Waals surface area contributed by atoms with Gasteiger partial charge in [0.2, 0.25) is 0 Å². The zero-order chi connectivity index (χ0) is 18.3. The first-order valence-corrected chi connectivity index (χ1v) is 10.4. The van der Waals surface area contributed by atoms with Gasteiger partial charge in [0, 0.05) is 37.0 Å². The van der Waals surface area contributed by atoms with Crippen molar-refractivity contribution in [2.45, 2.75) is 25.2 Å². The fraction of sp³-hybridized carbons (Fsp3) is 0.529. The molecule has 2 aromatic rings. The van der Waals surface area contributed by atoms with Crippen molar-refractivity contribution in [3.05, 3.63) is 24.0 Å². The molecule has 0 bridgehead atoms. The highest BCUT2D eigenvalue weighted by Gasteiger charge is 2.32. The standard InChI is InChI=1S/C17H23N5O3S/c1-25-13-4-5-14-15(8-13)20-16(12-2-3-12)21-17(14)22-9-11(10-22)6-7-19-26(18,23)24/h4-5,8,11-12,19H,2-3,6-7,9-10H2,1H3,(H2,18,23,24). The van der Waals surface area contributed by atoms with Crippen molar-refractivity contribution in [3.8, 4) is 5.75 Å². The Morgan fingerprint density at radius 2 is 2.08 bits per heavy atom. The van der Waals surface area contributed by atoms with Gasteiger partial charge in [0.25, 0.3) is 10.2 Å². The molecule has 1 aliphatic heterocycles. The maximum Gasteiger partial charge on any atom is 0.274 e. The number of hydrogen-bond donors (Lipinski definition) is 2. The van der Waals surface area contributed by atoms with Crippen LogP contribution in [0.4, 0.5) is 5.82 Å². The minimum absolute atomic E-state index is 0.367. The number of nitrogens with zero attached hydrogens (tertiary/aromatic N) is 3. The second kappa shape index (κ2) is 6.64. The van der Waals surface area contributed by atoms with Crippen LogP contribution in [0.15, 0.2) is 18.2 Å². The van der Waals surface area contributed by atoms with Crippen molar-refractivity contribution >= 4 is 26.9 Å². The predicted octanol–water partition coefficient (Wildman–Crippen LogP) is 1.14. The van der Waals surface area contributed by atoms with Crippen molar-refractivity contribution in [1.82, 2.24) is 14.7 Å². The third-order valence-corrected chi connectivity index (χ3v) is 5.56. The zero-order valence-electron chi connectivity index (χ0n) is 14.7. The van der Waals surface area contributed by atoms with Gasteiger partial charge < -0.3 is 9.64 Å². The first kappa shape index (κ1) is 17.4. The topological polar surface area (TPSA) is 110 Å². The summed E-state index contributed by atoms with van der Waals surface area (Å²) in [5.41, 5.74) is 0.913. The van der Waals surface area contributed by atoms with Gasteiger partial charge in [-0.3, -0.25) is 0 Å². The van der Waals surface area contributed by atoms with Crippen LogP contribution >= 0.6 is 0 Å². The number of anilines is 1. The van der Waals surface area contributed by atoms with Crippen LogP contribution in [0.3, 0.4) is 0 Å². The smallest absolute Gasteiger partial charge is 0.274 e. The van der Waals surface area contributed by atoms with Crippen LogP contribution in [0.25, 0.3) is 10.9 Å². The molecule has 2 fully saturated rings. The number of nitrogens with two attached hydrogens (primary N) is 1. The zero-order valence-corrected chi connectivity index (χ0v) is 15.5. The van der Waals surface area contributed by atoms with Gasteiger partial charge in [-0.1, -0.05) is 0 Å². The molecule has 2 heterocycles. The Balaban J connectivity index is 1.51. The van der Waals surface area contributed by atoms with E-state index in [1.54, 1.807) is 7.11 Å². The van der Waals surface area contributed by atoms with Crippen molar-refractivity contribution in [2.24, 2.45) is 11.1 Å². The lowest BCUT2D eigenvalue weighted by molar-refractivity contribution is 0.382. The largest absolute Gasteiger partial charge is 0.497 e. The van der Waals surface area contributed by atoms with Crippen LogP contribution in [0.1, 0.15) is 31.0 Å². The Morgan fingerprint density at radius 1 is 1.31 bits per heavy atom. The van der Waals surface area contributed by atoms with Crippen molar-refractivity contribution in [3.63, 3.8) is 0 Å². The van der Waals surface area contributed by atoms with E-state index in [-0.39, 0.29) is 0 Å². The summed E-state index contributed by atoms with van der Waals surface area (Å²) in [5.74, 6) is 3.58. The summed E-state index contributed by atoms with van der Waals surface area (Å²) in [6.07, 6.45) is 3.06. The lowest BCUT2D eigenvalue weighted by Crippen LogP contribution is -2.48. The number of benzene rings is 1. The first-order valence-electron chi connectivity index (χ1n) is 8.81. The average molecular weight is 377 g/mol. The van der Waals surface area contributed by atoms with Gasteiger partial charge in [-0.2, -0.15) is 8.42 Å². The summed E-state index contributed by atoms with van der Waals surface area (Å²) in [6.45, 7) is 2.08. The maximum absolute atomic E-state index is 10.9. The van der Waals surface area contributed by atoms with E-state index in [1.807, 2.05) is 18.2 Å². The normalized spacial score (nSPS) is 18.2. The van der Waals surface area contributed by atoms with Gasteiger partial charge in [-0.25, -0.2) is 19.8 Å². The minimum Gasteiger partial charge on any atom is -0.497 e. The molecule has 1 saturated heterocycles. The van der Waals surface area contributed by atoms with E-state index in [2.05, 4.69) is 9.62 Å². The summed E-state index contributed by atoms with van der Waals surface area (Å²) in [7, 11) is -1.96. The quantitative estimate of drug-likeness (QED) is 0.748. The molecule has 1 aromatic carbocycles.